The van der Waals surface area contributed by atoms with Gasteiger partial charge in [0, 0.05) is 38.8 Å². The molecule has 2 nitrogen and oxygen atoms in total. The molecule has 0 saturated heterocycles. The van der Waals surface area contributed by atoms with E-state index in [0.717, 1.165) is 11.4 Å². The van der Waals surface area contributed by atoms with Crippen molar-refractivity contribution in [2.75, 3.05) is 4.90 Å². The van der Waals surface area contributed by atoms with Gasteiger partial charge in [-0.05, 0) is 133 Å². The fourth-order valence-corrected chi connectivity index (χ4v) is 12.6. The largest absolute Gasteiger partial charge is 0.310 e. The molecule has 340 valence electrons. The van der Waals surface area contributed by atoms with Crippen LogP contribution in [0.1, 0.15) is 47.2 Å². The van der Waals surface area contributed by atoms with E-state index in [1.54, 1.807) is 0 Å². The molecule has 72 heavy (non-hydrogen) atoms. The molecule has 2 aliphatic carbocycles. The number of anilines is 3. The number of benzene rings is 11. The molecule has 0 radical (unpaired) electrons. The summed E-state index contributed by atoms with van der Waals surface area (Å²) in [5, 5.41) is 2.51. The third-order valence-corrected chi connectivity index (χ3v) is 15.9. The minimum absolute atomic E-state index is 0.141. The van der Waals surface area contributed by atoms with Crippen LogP contribution in [0.25, 0.3) is 72.0 Å². The number of fused-ring (bicyclic) bond motifs is 9. The van der Waals surface area contributed by atoms with Crippen LogP contribution in [-0.2, 0) is 10.8 Å². The van der Waals surface area contributed by atoms with E-state index in [9.17, 15) is 0 Å². The molecule has 14 rings (SSSR count). The summed E-state index contributed by atoms with van der Waals surface area (Å²) in [5.74, 6) is 0. The van der Waals surface area contributed by atoms with Crippen molar-refractivity contribution in [3.8, 4) is 50.2 Å². The van der Waals surface area contributed by atoms with E-state index in [0.29, 0.717) is 0 Å². The van der Waals surface area contributed by atoms with Crippen LogP contribution >= 0.6 is 0 Å². The molecular weight excluding hydrogens is 869 g/mol. The van der Waals surface area contributed by atoms with Gasteiger partial charge < -0.3 is 9.47 Å². The van der Waals surface area contributed by atoms with Gasteiger partial charge in [-0.3, -0.25) is 0 Å². The van der Waals surface area contributed by atoms with Crippen LogP contribution in [0.15, 0.2) is 267 Å². The van der Waals surface area contributed by atoms with Gasteiger partial charge in [0.1, 0.15) is 0 Å². The first-order chi connectivity index (χ1) is 35.5. The SMILES string of the molecule is CC1(C)c2ccccc2-c2c(N(c3ccc(-c4ccc(-c5ccc6c(c5)c5ccccc5n6-c5ccccc5)cc4)cc3)c3ccc4c(c3)-c3ccccc3C4(c3ccccc3)c3ccccc3)cccc21. The lowest BCUT2D eigenvalue weighted by atomic mass is 9.68. The molecule has 0 unspecified atom stereocenters. The molecule has 0 N–H and O–H groups in total. The maximum Gasteiger partial charge on any atom is 0.0713 e. The van der Waals surface area contributed by atoms with Crippen molar-refractivity contribution in [1.29, 1.82) is 0 Å². The number of aromatic nitrogens is 1. The van der Waals surface area contributed by atoms with E-state index < -0.39 is 5.41 Å². The van der Waals surface area contributed by atoms with Crippen molar-refractivity contribution in [2.45, 2.75) is 24.7 Å². The molecule has 12 aromatic rings. The van der Waals surface area contributed by atoms with E-state index >= 15 is 0 Å². The van der Waals surface area contributed by atoms with Crippen molar-refractivity contribution in [3.63, 3.8) is 0 Å². The van der Waals surface area contributed by atoms with Crippen molar-refractivity contribution in [2.24, 2.45) is 0 Å². The molecule has 1 aromatic heterocycles. The molecule has 2 aliphatic rings. The first-order valence-corrected chi connectivity index (χ1v) is 25.2. The Kier molecular flexibility index (Phi) is 9.50. The second-order valence-corrected chi connectivity index (χ2v) is 20.0. The highest BCUT2D eigenvalue weighted by atomic mass is 15.1. The molecule has 0 saturated carbocycles. The van der Waals surface area contributed by atoms with Gasteiger partial charge in [0.15, 0.2) is 0 Å². The van der Waals surface area contributed by atoms with Gasteiger partial charge in [0.05, 0.1) is 22.1 Å². The van der Waals surface area contributed by atoms with E-state index in [4.69, 9.17) is 0 Å². The number of hydrogen-bond donors (Lipinski definition) is 0. The van der Waals surface area contributed by atoms with Gasteiger partial charge in [0.2, 0.25) is 0 Å². The van der Waals surface area contributed by atoms with Crippen LogP contribution in [0.3, 0.4) is 0 Å². The molecule has 0 fully saturated rings. The van der Waals surface area contributed by atoms with E-state index in [1.165, 1.54) is 111 Å². The highest BCUT2D eigenvalue weighted by Gasteiger charge is 2.46. The predicted octanol–water partition coefficient (Wildman–Crippen LogP) is 18.3. The van der Waals surface area contributed by atoms with E-state index in [-0.39, 0.29) is 5.41 Å². The number of para-hydroxylation sites is 2. The van der Waals surface area contributed by atoms with E-state index in [2.05, 4.69) is 290 Å². The Balaban J connectivity index is 0.884. The lowest BCUT2D eigenvalue weighted by molar-refractivity contribution is 0.660. The van der Waals surface area contributed by atoms with Gasteiger partial charge >= 0.3 is 0 Å². The van der Waals surface area contributed by atoms with E-state index in [1.807, 2.05) is 0 Å². The van der Waals surface area contributed by atoms with Gasteiger partial charge in [-0.2, -0.15) is 0 Å². The highest BCUT2D eigenvalue weighted by Crippen LogP contribution is 2.59. The topological polar surface area (TPSA) is 8.17 Å². The molecule has 0 spiro atoms. The predicted molar refractivity (Wildman–Crippen MR) is 301 cm³/mol. The van der Waals surface area contributed by atoms with Crippen molar-refractivity contribution in [1.82, 2.24) is 4.57 Å². The molecule has 2 heteroatoms. The summed E-state index contributed by atoms with van der Waals surface area (Å²) in [4.78, 5) is 2.50. The Morgan fingerprint density at radius 3 is 1.56 bits per heavy atom. The standard InChI is InChI=1S/C70H50N2/c1-69(2)61-28-15-13-27-58(61)68-64(69)30-18-32-67(68)71(55-42-43-63-59(46-55)56-25-12-16-29-62(56)70(63,51-19-6-3-7-20-51)52-21-8-4-9-22-52)54-40-37-48(38-41-54)47-33-35-49(36-34-47)50-39-44-66-60(45-50)57-26-14-17-31-65(57)72(66)53-23-10-5-11-24-53/h3-46H,1-2H3. The second kappa shape index (κ2) is 16.3. The highest BCUT2D eigenvalue weighted by molar-refractivity contribution is 6.10. The summed E-state index contributed by atoms with van der Waals surface area (Å²) in [6.07, 6.45) is 0. The molecule has 11 aromatic carbocycles. The second-order valence-electron chi connectivity index (χ2n) is 20.0. The van der Waals surface area contributed by atoms with Gasteiger partial charge in [-0.25, -0.2) is 0 Å². The fourth-order valence-electron chi connectivity index (χ4n) is 12.6. The molecule has 1 heterocycles. The number of hydrogen-bond acceptors (Lipinski definition) is 1. The van der Waals surface area contributed by atoms with Crippen LogP contribution in [0, 0.1) is 0 Å². The van der Waals surface area contributed by atoms with Crippen molar-refractivity contribution in [3.05, 3.63) is 300 Å². The summed E-state index contributed by atoms with van der Waals surface area (Å²) in [6.45, 7) is 4.74. The van der Waals surface area contributed by atoms with Gasteiger partial charge in [-0.1, -0.05) is 220 Å². The molecule has 0 atom stereocenters. The minimum Gasteiger partial charge on any atom is -0.310 e. The summed E-state index contributed by atoms with van der Waals surface area (Å²) in [6, 6.07) is 98.9. The lowest BCUT2D eigenvalue weighted by Gasteiger charge is -2.34. The zero-order chi connectivity index (χ0) is 48.0. The zero-order valence-corrected chi connectivity index (χ0v) is 40.3. The van der Waals surface area contributed by atoms with Crippen LogP contribution in [0.2, 0.25) is 0 Å². The lowest BCUT2D eigenvalue weighted by Crippen LogP contribution is -2.28. The Morgan fingerprint density at radius 2 is 0.847 bits per heavy atom. The van der Waals surface area contributed by atoms with Crippen LogP contribution < -0.4 is 4.90 Å². The zero-order valence-electron chi connectivity index (χ0n) is 40.3. The first kappa shape index (κ1) is 41.9. The minimum atomic E-state index is -0.471. The molecule has 0 aliphatic heterocycles. The number of rotatable bonds is 8. The summed E-state index contributed by atoms with van der Waals surface area (Å²) >= 11 is 0. The maximum atomic E-state index is 2.50. The quantitative estimate of drug-likeness (QED) is 0.147. The van der Waals surface area contributed by atoms with Crippen LogP contribution in [0.4, 0.5) is 17.1 Å². The average molecular weight is 919 g/mol. The van der Waals surface area contributed by atoms with Gasteiger partial charge in [0.25, 0.3) is 0 Å². The summed E-state index contributed by atoms with van der Waals surface area (Å²) in [5.41, 5.74) is 24.1. The van der Waals surface area contributed by atoms with Crippen LogP contribution in [-0.4, -0.2) is 4.57 Å². The average Bonchev–Trinajstić information content (AvgIpc) is 4.03. The number of nitrogens with zero attached hydrogens (tertiary/aromatic N) is 2. The summed E-state index contributed by atoms with van der Waals surface area (Å²) in [7, 11) is 0. The third kappa shape index (κ3) is 6.22. The van der Waals surface area contributed by atoms with Crippen LogP contribution in [0.5, 0.6) is 0 Å². The maximum absolute atomic E-state index is 2.50. The monoisotopic (exact) mass is 918 g/mol. The summed E-state index contributed by atoms with van der Waals surface area (Å²) < 4.78 is 2.37. The fraction of sp³-hybridized carbons (Fsp3) is 0.0571. The Morgan fingerprint density at radius 1 is 0.333 bits per heavy atom. The van der Waals surface area contributed by atoms with Crippen molar-refractivity contribution >= 4 is 38.9 Å². The Bertz CT molecular complexity index is 3990. The normalized spacial score (nSPS) is 13.6. The third-order valence-electron chi connectivity index (χ3n) is 15.9. The Labute approximate surface area is 421 Å². The molecule has 0 bridgehead atoms. The van der Waals surface area contributed by atoms with Gasteiger partial charge in [-0.15, -0.1) is 0 Å². The molecular formula is C70H50N2. The first-order valence-electron chi connectivity index (χ1n) is 25.2. The molecule has 0 amide bonds. The van der Waals surface area contributed by atoms with Crippen molar-refractivity contribution < 1.29 is 0 Å². The smallest absolute Gasteiger partial charge is 0.0713 e. The Hall–Kier alpha value is -8.98.